The smallest absolute Gasteiger partial charge is 0.325 e. The third kappa shape index (κ3) is 3.32. The first-order valence-electron chi connectivity index (χ1n) is 5.41. The number of halogens is 1. The summed E-state index contributed by atoms with van der Waals surface area (Å²) in [4.78, 5) is 38.2. The number of nitrogens with one attached hydrogen (secondary N) is 3. The lowest BCUT2D eigenvalue weighted by Gasteiger charge is -2.04. The van der Waals surface area contributed by atoms with Crippen LogP contribution < -0.4 is 16.6 Å². The van der Waals surface area contributed by atoms with Gasteiger partial charge in [-0.15, -0.1) is 0 Å². The maximum atomic E-state index is 11.7. The molecule has 19 heavy (non-hydrogen) atoms. The van der Waals surface area contributed by atoms with E-state index < -0.39 is 17.2 Å². The Morgan fingerprint density at radius 3 is 2.53 bits per heavy atom. The lowest BCUT2D eigenvalue weighted by Crippen LogP contribution is -2.33. The number of benzene rings is 1. The number of H-pyrrole nitrogens is 2. The van der Waals surface area contributed by atoms with Gasteiger partial charge in [-0.05, 0) is 17.7 Å². The number of carbonyl (C=O) groups excluding carboxylic acids is 1. The van der Waals surface area contributed by atoms with Crippen LogP contribution in [-0.4, -0.2) is 15.9 Å². The number of amides is 1. The molecule has 1 aromatic carbocycles. The molecule has 0 spiro atoms. The standard InChI is InChI=1S/C12H10ClN3O3/c13-8-3-1-7(2-4-8)5-14-10(17)9-6-15-12(19)16-11(9)18/h1-4,6H,5H2,(H,14,17)(H2,15,16,18,19). The lowest BCUT2D eigenvalue weighted by atomic mass is 10.2. The molecule has 2 aromatic rings. The topological polar surface area (TPSA) is 94.8 Å². The van der Waals surface area contributed by atoms with Gasteiger partial charge in [0.15, 0.2) is 0 Å². The maximum Gasteiger partial charge on any atom is 0.325 e. The Balaban J connectivity index is 2.07. The molecular formula is C12H10ClN3O3. The first-order chi connectivity index (χ1) is 9.06. The molecule has 0 atom stereocenters. The second kappa shape index (κ2) is 5.53. The highest BCUT2D eigenvalue weighted by molar-refractivity contribution is 6.30. The molecule has 0 fully saturated rings. The number of aromatic amines is 2. The van der Waals surface area contributed by atoms with Crippen molar-refractivity contribution >= 4 is 17.5 Å². The Labute approximate surface area is 112 Å². The molecule has 0 saturated heterocycles. The van der Waals surface area contributed by atoms with E-state index in [-0.39, 0.29) is 12.1 Å². The molecule has 0 saturated carbocycles. The fraction of sp³-hybridized carbons (Fsp3) is 0.0833. The zero-order chi connectivity index (χ0) is 13.8. The van der Waals surface area contributed by atoms with Crippen molar-refractivity contribution in [2.24, 2.45) is 0 Å². The van der Waals surface area contributed by atoms with Crippen LogP contribution in [0.1, 0.15) is 15.9 Å². The normalized spacial score (nSPS) is 10.2. The lowest BCUT2D eigenvalue weighted by molar-refractivity contribution is 0.0949. The second-order valence-electron chi connectivity index (χ2n) is 3.79. The fourth-order valence-corrected chi connectivity index (χ4v) is 1.58. The first kappa shape index (κ1) is 13.1. The molecule has 98 valence electrons. The van der Waals surface area contributed by atoms with Gasteiger partial charge in [-0.25, -0.2) is 4.79 Å². The van der Waals surface area contributed by atoms with Crippen molar-refractivity contribution in [3.05, 3.63) is 67.4 Å². The van der Waals surface area contributed by atoms with E-state index >= 15 is 0 Å². The van der Waals surface area contributed by atoms with E-state index in [1.54, 1.807) is 24.3 Å². The van der Waals surface area contributed by atoms with Crippen molar-refractivity contribution in [2.45, 2.75) is 6.54 Å². The van der Waals surface area contributed by atoms with Crippen LogP contribution in [0.5, 0.6) is 0 Å². The number of hydrogen-bond acceptors (Lipinski definition) is 3. The molecule has 1 heterocycles. The van der Waals surface area contributed by atoms with Gasteiger partial charge in [0.05, 0.1) is 0 Å². The highest BCUT2D eigenvalue weighted by Crippen LogP contribution is 2.09. The summed E-state index contributed by atoms with van der Waals surface area (Å²) >= 11 is 5.74. The maximum absolute atomic E-state index is 11.7. The van der Waals surface area contributed by atoms with E-state index in [1.807, 2.05) is 4.98 Å². The Morgan fingerprint density at radius 1 is 1.21 bits per heavy atom. The molecule has 7 heteroatoms. The van der Waals surface area contributed by atoms with Crippen molar-refractivity contribution in [1.29, 1.82) is 0 Å². The molecular weight excluding hydrogens is 270 g/mol. The minimum Gasteiger partial charge on any atom is -0.348 e. The van der Waals surface area contributed by atoms with Crippen molar-refractivity contribution < 1.29 is 4.79 Å². The summed E-state index contributed by atoms with van der Waals surface area (Å²) in [5.74, 6) is -0.563. The highest BCUT2D eigenvalue weighted by Gasteiger charge is 2.10. The molecule has 0 bridgehead atoms. The van der Waals surface area contributed by atoms with Crippen LogP contribution in [0.3, 0.4) is 0 Å². The molecule has 3 N–H and O–H groups in total. The Bertz CT molecular complexity index is 703. The van der Waals surface area contributed by atoms with Crippen molar-refractivity contribution in [1.82, 2.24) is 15.3 Å². The van der Waals surface area contributed by atoms with Gasteiger partial charge in [0, 0.05) is 17.8 Å². The molecule has 6 nitrogen and oxygen atoms in total. The van der Waals surface area contributed by atoms with Gasteiger partial charge in [-0.1, -0.05) is 23.7 Å². The number of hydrogen-bond donors (Lipinski definition) is 3. The predicted molar refractivity (Wildman–Crippen MR) is 70.3 cm³/mol. The largest absolute Gasteiger partial charge is 0.348 e. The van der Waals surface area contributed by atoms with Crippen LogP contribution in [-0.2, 0) is 6.54 Å². The molecule has 0 unspecified atom stereocenters. The van der Waals surface area contributed by atoms with Gasteiger partial charge in [0.25, 0.3) is 11.5 Å². The summed E-state index contributed by atoms with van der Waals surface area (Å²) in [6.45, 7) is 0.259. The minimum absolute atomic E-state index is 0.145. The Hall–Kier alpha value is -2.34. The van der Waals surface area contributed by atoms with Crippen LogP contribution in [0, 0.1) is 0 Å². The molecule has 2 rings (SSSR count). The third-order valence-electron chi connectivity index (χ3n) is 2.43. The Kier molecular flexibility index (Phi) is 3.82. The zero-order valence-corrected chi connectivity index (χ0v) is 10.5. The summed E-state index contributed by atoms with van der Waals surface area (Å²) in [6.07, 6.45) is 1.08. The van der Waals surface area contributed by atoms with Crippen molar-refractivity contribution in [3.8, 4) is 0 Å². The predicted octanol–water partition coefficient (Wildman–Crippen LogP) is 0.647. The summed E-state index contributed by atoms with van der Waals surface area (Å²) in [6, 6.07) is 6.94. The summed E-state index contributed by atoms with van der Waals surface area (Å²) in [5.41, 5.74) is -0.677. The first-order valence-corrected chi connectivity index (χ1v) is 5.79. The minimum atomic E-state index is -0.725. The van der Waals surface area contributed by atoms with Crippen LogP contribution in [0.15, 0.2) is 40.1 Å². The van der Waals surface area contributed by atoms with Crippen LogP contribution in [0.25, 0.3) is 0 Å². The molecule has 0 aliphatic rings. The van der Waals surface area contributed by atoms with Gasteiger partial charge in [0.2, 0.25) is 0 Å². The number of rotatable bonds is 3. The average molecular weight is 280 g/mol. The quantitative estimate of drug-likeness (QED) is 0.770. The number of carbonyl (C=O) groups is 1. The second-order valence-corrected chi connectivity index (χ2v) is 4.23. The SMILES string of the molecule is O=C(NCc1ccc(Cl)cc1)c1c[nH]c(=O)[nH]c1=O. The van der Waals surface area contributed by atoms with E-state index in [9.17, 15) is 14.4 Å². The monoisotopic (exact) mass is 279 g/mol. The van der Waals surface area contributed by atoms with Gasteiger partial charge in [0.1, 0.15) is 5.56 Å². The van der Waals surface area contributed by atoms with Gasteiger partial charge in [-0.2, -0.15) is 0 Å². The van der Waals surface area contributed by atoms with E-state index in [4.69, 9.17) is 11.6 Å². The molecule has 0 radical (unpaired) electrons. The van der Waals surface area contributed by atoms with Crippen molar-refractivity contribution in [2.75, 3.05) is 0 Å². The summed E-state index contributed by atoms with van der Waals surface area (Å²) in [5, 5.41) is 3.17. The highest BCUT2D eigenvalue weighted by atomic mass is 35.5. The van der Waals surface area contributed by atoms with Crippen molar-refractivity contribution in [3.63, 3.8) is 0 Å². The molecule has 1 amide bonds. The van der Waals surface area contributed by atoms with E-state index in [0.717, 1.165) is 11.8 Å². The van der Waals surface area contributed by atoms with E-state index in [1.165, 1.54) is 0 Å². The zero-order valence-electron chi connectivity index (χ0n) is 9.70. The molecule has 0 aliphatic carbocycles. The van der Waals surface area contributed by atoms with Crippen LogP contribution >= 0.6 is 11.6 Å². The van der Waals surface area contributed by atoms with Gasteiger partial charge < -0.3 is 10.3 Å². The molecule has 1 aromatic heterocycles. The summed E-state index contributed by atoms with van der Waals surface area (Å²) < 4.78 is 0. The fourth-order valence-electron chi connectivity index (χ4n) is 1.46. The average Bonchev–Trinajstić information content (AvgIpc) is 2.37. The van der Waals surface area contributed by atoms with Gasteiger partial charge in [-0.3, -0.25) is 14.6 Å². The van der Waals surface area contributed by atoms with E-state index in [0.29, 0.717) is 5.02 Å². The van der Waals surface area contributed by atoms with Gasteiger partial charge >= 0.3 is 5.69 Å². The van der Waals surface area contributed by atoms with Crippen LogP contribution in [0.4, 0.5) is 0 Å². The van der Waals surface area contributed by atoms with Crippen LogP contribution in [0.2, 0.25) is 5.02 Å². The summed E-state index contributed by atoms with van der Waals surface area (Å²) in [7, 11) is 0. The molecule has 0 aliphatic heterocycles. The Morgan fingerprint density at radius 2 is 1.89 bits per heavy atom. The third-order valence-corrected chi connectivity index (χ3v) is 2.68. The number of aromatic nitrogens is 2. The van der Waals surface area contributed by atoms with E-state index in [2.05, 4.69) is 10.3 Å².